The Morgan fingerprint density at radius 3 is 1.09 bits per heavy atom. The summed E-state index contributed by atoms with van der Waals surface area (Å²) in [6, 6.07) is 0. The quantitative estimate of drug-likeness (QED) is 0.102. The molecule has 0 radical (unpaired) electrons. The average Bonchev–Trinajstić information content (AvgIpc) is 2.76. The van der Waals surface area contributed by atoms with Crippen LogP contribution in [0.15, 0.2) is 24.7 Å². The minimum absolute atomic E-state index is 0.379. The van der Waals surface area contributed by atoms with Crippen molar-refractivity contribution in [2.75, 3.05) is 0 Å². The Hall–Kier alpha value is -0.720. The van der Waals surface area contributed by atoms with Gasteiger partial charge in [0.2, 0.25) is 0 Å². The average molecular weight is 463 g/mol. The third kappa shape index (κ3) is 24.2. The largest absolute Gasteiger partial charge is 0.473 e. The van der Waals surface area contributed by atoms with Crippen LogP contribution in [-0.4, -0.2) is 0 Å². The zero-order chi connectivity index (χ0) is 24.7. The van der Waals surface area contributed by atoms with Gasteiger partial charge in [-0.25, -0.2) is 0 Å². The molecule has 0 N–H and O–H groups in total. The number of rotatable bonds is 24. The molecule has 196 valence electrons. The molecule has 0 spiro atoms. The van der Waals surface area contributed by atoms with E-state index in [-0.39, 0.29) is 0 Å². The van der Waals surface area contributed by atoms with Gasteiger partial charge >= 0.3 is 0 Å². The number of hydrogen-bond acceptors (Lipinski definition) is 1. The van der Waals surface area contributed by atoms with Crippen LogP contribution in [0.1, 0.15) is 170 Å². The van der Waals surface area contributed by atoms with Crippen molar-refractivity contribution in [2.24, 2.45) is 10.8 Å². The van der Waals surface area contributed by atoms with E-state index >= 15 is 0 Å². The summed E-state index contributed by atoms with van der Waals surface area (Å²) in [6.07, 6.45) is 35.5. The zero-order valence-corrected chi connectivity index (χ0v) is 23.9. The maximum atomic E-state index is 5.64. The van der Waals surface area contributed by atoms with Crippen LogP contribution in [0.25, 0.3) is 0 Å². The summed E-state index contributed by atoms with van der Waals surface area (Å²) in [5, 5.41) is 0. The summed E-state index contributed by atoms with van der Waals surface area (Å²) >= 11 is 0. The van der Waals surface area contributed by atoms with E-state index in [0.717, 1.165) is 12.8 Å². The highest BCUT2D eigenvalue weighted by atomic mass is 16.5. The van der Waals surface area contributed by atoms with Gasteiger partial charge in [-0.1, -0.05) is 144 Å². The molecule has 0 aliphatic heterocycles. The third-order valence-electron chi connectivity index (χ3n) is 7.10. The Morgan fingerprint density at radius 1 is 0.455 bits per heavy atom. The van der Waals surface area contributed by atoms with Gasteiger partial charge in [0, 0.05) is 0 Å². The van der Waals surface area contributed by atoms with Gasteiger partial charge in [0.25, 0.3) is 0 Å². The SMILES string of the molecule is CCCCCCCCCCC(C)(C)CC=COC=CCC(C)(C)CCCCCCCCCC. The summed E-state index contributed by atoms with van der Waals surface area (Å²) in [6.45, 7) is 14.1. The first-order chi connectivity index (χ1) is 15.8. The van der Waals surface area contributed by atoms with Crippen LogP contribution < -0.4 is 0 Å². The van der Waals surface area contributed by atoms with E-state index in [4.69, 9.17) is 4.74 Å². The Kier molecular flexibility index (Phi) is 21.3. The maximum absolute atomic E-state index is 5.64. The highest BCUT2D eigenvalue weighted by Gasteiger charge is 2.16. The van der Waals surface area contributed by atoms with Crippen molar-refractivity contribution in [3.8, 4) is 0 Å². The molecule has 0 heterocycles. The number of ether oxygens (including phenoxy) is 1. The lowest BCUT2D eigenvalue weighted by molar-refractivity contribution is 0.312. The van der Waals surface area contributed by atoms with Crippen LogP contribution in [0.4, 0.5) is 0 Å². The van der Waals surface area contributed by atoms with Gasteiger partial charge in [-0.3, -0.25) is 0 Å². The first-order valence-electron chi connectivity index (χ1n) is 14.8. The summed E-state index contributed by atoms with van der Waals surface area (Å²) < 4.78 is 5.64. The van der Waals surface area contributed by atoms with Crippen molar-refractivity contribution in [3.05, 3.63) is 24.7 Å². The molecule has 0 aromatic carbocycles. The maximum Gasteiger partial charge on any atom is 0.0861 e. The number of allylic oxidation sites excluding steroid dienone is 2. The van der Waals surface area contributed by atoms with E-state index in [9.17, 15) is 0 Å². The van der Waals surface area contributed by atoms with Gasteiger partial charge in [-0.2, -0.15) is 0 Å². The van der Waals surface area contributed by atoms with Crippen LogP contribution in [-0.2, 0) is 4.74 Å². The highest BCUT2D eigenvalue weighted by molar-refractivity contribution is 4.87. The molecule has 1 heteroatoms. The van der Waals surface area contributed by atoms with E-state index in [1.807, 2.05) is 12.5 Å². The molecule has 0 amide bonds. The van der Waals surface area contributed by atoms with Crippen LogP contribution >= 0.6 is 0 Å². The molecular formula is C32H62O. The summed E-state index contributed by atoms with van der Waals surface area (Å²) in [5.41, 5.74) is 0.757. The second-order valence-electron chi connectivity index (χ2n) is 12.1. The molecule has 0 aliphatic rings. The molecular weight excluding hydrogens is 400 g/mol. The van der Waals surface area contributed by atoms with Crippen molar-refractivity contribution in [3.63, 3.8) is 0 Å². The summed E-state index contributed by atoms with van der Waals surface area (Å²) in [5.74, 6) is 0. The number of hydrogen-bond donors (Lipinski definition) is 0. The molecule has 0 bridgehead atoms. The molecule has 0 aromatic heterocycles. The first kappa shape index (κ1) is 32.3. The monoisotopic (exact) mass is 462 g/mol. The topological polar surface area (TPSA) is 9.23 Å². The Bertz CT molecular complexity index is 415. The lowest BCUT2D eigenvalue weighted by Gasteiger charge is -2.23. The van der Waals surface area contributed by atoms with Crippen molar-refractivity contribution in [1.29, 1.82) is 0 Å². The third-order valence-corrected chi connectivity index (χ3v) is 7.10. The van der Waals surface area contributed by atoms with Gasteiger partial charge in [-0.05, 0) is 48.7 Å². The predicted molar refractivity (Wildman–Crippen MR) is 151 cm³/mol. The van der Waals surface area contributed by atoms with Crippen LogP contribution in [0.2, 0.25) is 0 Å². The van der Waals surface area contributed by atoms with E-state index in [0.29, 0.717) is 10.8 Å². The molecule has 0 saturated heterocycles. The van der Waals surface area contributed by atoms with Gasteiger partial charge in [0.15, 0.2) is 0 Å². The fourth-order valence-corrected chi connectivity index (χ4v) is 4.57. The number of unbranched alkanes of at least 4 members (excludes halogenated alkanes) is 14. The van der Waals surface area contributed by atoms with E-state index < -0.39 is 0 Å². The zero-order valence-electron chi connectivity index (χ0n) is 23.9. The minimum Gasteiger partial charge on any atom is -0.473 e. The molecule has 0 unspecified atom stereocenters. The molecule has 0 saturated carbocycles. The van der Waals surface area contributed by atoms with Crippen LogP contribution in [0.5, 0.6) is 0 Å². The molecule has 33 heavy (non-hydrogen) atoms. The van der Waals surface area contributed by atoms with Crippen molar-refractivity contribution < 1.29 is 4.74 Å². The highest BCUT2D eigenvalue weighted by Crippen LogP contribution is 2.29. The molecule has 0 rings (SSSR count). The van der Waals surface area contributed by atoms with Crippen molar-refractivity contribution >= 4 is 0 Å². The van der Waals surface area contributed by atoms with Crippen molar-refractivity contribution in [2.45, 2.75) is 170 Å². The Balaban J connectivity index is 3.75. The Morgan fingerprint density at radius 2 is 0.758 bits per heavy atom. The van der Waals surface area contributed by atoms with Gasteiger partial charge in [0.05, 0.1) is 12.5 Å². The van der Waals surface area contributed by atoms with Gasteiger partial charge in [0.1, 0.15) is 0 Å². The second kappa shape index (κ2) is 21.8. The summed E-state index contributed by atoms with van der Waals surface area (Å²) in [4.78, 5) is 0. The van der Waals surface area contributed by atoms with E-state index in [1.165, 1.54) is 116 Å². The van der Waals surface area contributed by atoms with E-state index in [1.54, 1.807) is 0 Å². The molecule has 0 atom stereocenters. The minimum atomic E-state index is 0.379. The summed E-state index contributed by atoms with van der Waals surface area (Å²) in [7, 11) is 0. The Labute approximate surface area is 210 Å². The predicted octanol–water partition coefficient (Wildman–Crippen LogP) is 11.9. The van der Waals surface area contributed by atoms with Crippen LogP contribution in [0, 0.1) is 10.8 Å². The van der Waals surface area contributed by atoms with Crippen molar-refractivity contribution in [1.82, 2.24) is 0 Å². The van der Waals surface area contributed by atoms with Crippen LogP contribution in [0.3, 0.4) is 0 Å². The fraction of sp³-hybridized carbons (Fsp3) is 0.875. The fourth-order valence-electron chi connectivity index (χ4n) is 4.57. The van der Waals surface area contributed by atoms with Gasteiger partial charge < -0.3 is 4.74 Å². The normalized spacial score (nSPS) is 12.9. The standard InChI is InChI=1S/C32H62O/c1-7-9-11-13-15-17-19-21-25-31(3,4)27-23-29-33-30-24-28-32(5,6)26-22-20-18-16-14-12-10-8-2/h23-24,29-30H,7-22,25-28H2,1-6H3. The second-order valence-corrected chi connectivity index (χ2v) is 12.1. The molecule has 0 aliphatic carbocycles. The first-order valence-corrected chi connectivity index (χ1v) is 14.8. The van der Waals surface area contributed by atoms with Gasteiger partial charge in [-0.15, -0.1) is 0 Å². The molecule has 1 nitrogen and oxygen atoms in total. The molecule has 0 aromatic rings. The lowest BCUT2D eigenvalue weighted by Crippen LogP contribution is -2.09. The molecule has 0 fully saturated rings. The lowest BCUT2D eigenvalue weighted by atomic mass is 9.83. The van der Waals surface area contributed by atoms with E-state index in [2.05, 4.69) is 53.7 Å². The smallest absolute Gasteiger partial charge is 0.0861 e.